The second-order valence-corrected chi connectivity index (χ2v) is 7.60. The molecule has 1 aliphatic heterocycles. The van der Waals surface area contributed by atoms with Gasteiger partial charge in [-0.05, 0) is 6.42 Å². The first-order valence-corrected chi connectivity index (χ1v) is 9.78. The van der Waals surface area contributed by atoms with Gasteiger partial charge in [0.05, 0.1) is 0 Å². The number of anilines is 2. The van der Waals surface area contributed by atoms with E-state index >= 15 is 0 Å². The van der Waals surface area contributed by atoms with Gasteiger partial charge in [-0.25, -0.2) is 9.97 Å². The molecule has 1 amide bonds. The maximum Gasteiger partial charge on any atom is 0.274 e. The minimum atomic E-state index is -0.0950. The number of H-pyrrole nitrogens is 1. The third-order valence-electron chi connectivity index (χ3n) is 4.31. The summed E-state index contributed by atoms with van der Waals surface area (Å²) in [5, 5.41) is 7.94. The molecule has 140 valence electrons. The summed E-state index contributed by atoms with van der Waals surface area (Å²) in [6, 6.07) is 1.79. The first-order valence-electron chi connectivity index (χ1n) is 8.79. The van der Waals surface area contributed by atoms with Crippen LogP contribution in [-0.4, -0.2) is 57.4 Å². The first kappa shape index (κ1) is 18.5. The zero-order chi connectivity index (χ0) is 18.7. The zero-order valence-electron chi connectivity index (χ0n) is 15.4. The highest BCUT2D eigenvalue weighted by Gasteiger charge is 2.27. The van der Waals surface area contributed by atoms with Crippen molar-refractivity contribution in [1.29, 1.82) is 0 Å². The molecule has 2 aromatic rings. The fourth-order valence-corrected chi connectivity index (χ4v) is 3.79. The summed E-state index contributed by atoms with van der Waals surface area (Å²) in [5.74, 6) is 2.15. The van der Waals surface area contributed by atoms with Crippen molar-refractivity contribution in [3.05, 3.63) is 23.0 Å². The summed E-state index contributed by atoms with van der Waals surface area (Å²) in [5.41, 5.74) is 8.43. The molecule has 1 aliphatic rings. The lowest BCUT2D eigenvalue weighted by molar-refractivity contribution is 0.0821. The van der Waals surface area contributed by atoms with Crippen molar-refractivity contribution in [3.8, 4) is 0 Å². The van der Waals surface area contributed by atoms with Gasteiger partial charge in [0.2, 0.25) is 0 Å². The average molecular weight is 376 g/mol. The quantitative estimate of drug-likeness (QED) is 0.452. The van der Waals surface area contributed by atoms with Crippen molar-refractivity contribution in [2.75, 3.05) is 37.0 Å². The molecular formula is C17H25N7OS. The molecule has 3 heterocycles. The highest BCUT2D eigenvalue weighted by molar-refractivity contribution is 7.99. The van der Waals surface area contributed by atoms with E-state index in [1.807, 2.05) is 0 Å². The SMILES string of the molecule is CCCCSc1nc(N)cc(N2CCc3[nH]nc(C(=O)N(C)C)c3C2)n1. The number of unbranched alkanes of at least 4 members (excludes halogenated alkanes) is 1. The molecule has 0 saturated carbocycles. The predicted molar refractivity (Wildman–Crippen MR) is 103 cm³/mol. The Balaban J connectivity index is 1.82. The van der Waals surface area contributed by atoms with Crippen molar-refractivity contribution in [2.45, 2.75) is 37.9 Å². The first-order chi connectivity index (χ1) is 12.5. The van der Waals surface area contributed by atoms with Crippen LogP contribution in [0.2, 0.25) is 0 Å². The normalized spacial score (nSPS) is 13.6. The monoisotopic (exact) mass is 375 g/mol. The van der Waals surface area contributed by atoms with Crippen LogP contribution in [0.15, 0.2) is 11.2 Å². The van der Waals surface area contributed by atoms with Gasteiger partial charge < -0.3 is 15.5 Å². The largest absolute Gasteiger partial charge is 0.383 e. The number of nitrogens with zero attached hydrogens (tertiary/aromatic N) is 5. The predicted octanol–water partition coefficient (Wildman–Crippen LogP) is 1.94. The summed E-state index contributed by atoms with van der Waals surface area (Å²) in [6.07, 6.45) is 3.04. The Morgan fingerprint density at radius 2 is 2.23 bits per heavy atom. The Labute approximate surface area is 157 Å². The van der Waals surface area contributed by atoms with Gasteiger partial charge in [0.25, 0.3) is 5.91 Å². The summed E-state index contributed by atoms with van der Waals surface area (Å²) >= 11 is 1.63. The van der Waals surface area contributed by atoms with Crippen LogP contribution in [0, 0.1) is 0 Å². The molecule has 2 aromatic heterocycles. The van der Waals surface area contributed by atoms with Gasteiger partial charge in [-0.15, -0.1) is 0 Å². The summed E-state index contributed by atoms with van der Waals surface area (Å²) < 4.78 is 0. The van der Waals surface area contributed by atoms with Gasteiger partial charge in [-0.3, -0.25) is 9.89 Å². The highest BCUT2D eigenvalue weighted by atomic mass is 32.2. The smallest absolute Gasteiger partial charge is 0.274 e. The van der Waals surface area contributed by atoms with Gasteiger partial charge >= 0.3 is 0 Å². The molecule has 8 nitrogen and oxygen atoms in total. The van der Waals surface area contributed by atoms with Crippen molar-refractivity contribution in [2.24, 2.45) is 0 Å². The number of thioether (sulfide) groups is 1. The van der Waals surface area contributed by atoms with Crippen LogP contribution in [0.25, 0.3) is 0 Å². The Hall–Kier alpha value is -2.29. The molecule has 0 atom stereocenters. The zero-order valence-corrected chi connectivity index (χ0v) is 16.3. The highest BCUT2D eigenvalue weighted by Crippen LogP contribution is 2.27. The van der Waals surface area contributed by atoms with Gasteiger partial charge in [0.1, 0.15) is 11.6 Å². The number of nitrogen functional groups attached to an aromatic ring is 1. The van der Waals surface area contributed by atoms with Crippen molar-refractivity contribution < 1.29 is 4.79 Å². The summed E-state index contributed by atoms with van der Waals surface area (Å²) in [4.78, 5) is 25.0. The van der Waals surface area contributed by atoms with E-state index in [0.29, 0.717) is 23.2 Å². The van der Waals surface area contributed by atoms with Crippen molar-refractivity contribution >= 4 is 29.3 Å². The standard InChI is InChI=1S/C17H25N7OS/c1-4-5-8-26-17-19-13(18)9-14(20-17)24-7-6-12-11(10-24)15(22-21-12)16(25)23(2)3/h9H,4-8,10H2,1-3H3,(H,21,22)(H2,18,19,20). The molecule has 9 heteroatoms. The number of rotatable bonds is 6. The van der Waals surface area contributed by atoms with Gasteiger partial charge in [-0.2, -0.15) is 5.10 Å². The Morgan fingerprint density at radius 1 is 1.42 bits per heavy atom. The van der Waals surface area contributed by atoms with E-state index in [4.69, 9.17) is 5.73 Å². The molecule has 0 unspecified atom stereocenters. The molecule has 3 rings (SSSR count). The van der Waals surface area contributed by atoms with E-state index in [1.165, 1.54) is 0 Å². The topological polar surface area (TPSA) is 104 Å². The number of hydrogen-bond acceptors (Lipinski definition) is 7. The van der Waals surface area contributed by atoms with Crippen LogP contribution < -0.4 is 10.6 Å². The fourth-order valence-electron chi connectivity index (χ4n) is 2.84. The minimum absolute atomic E-state index is 0.0950. The molecule has 3 N–H and O–H groups in total. The summed E-state index contributed by atoms with van der Waals surface area (Å²) in [6.45, 7) is 3.53. The molecule has 26 heavy (non-hydrogen) atoms. The Bertz CT molecular complexity index is 789. The van der Waals surface area contributed by atoms with Crippen LogP contribution in [0.3, 0.4) is 0 Å². The average Bonchev–Trinajstić information content (AvgIpc) is 3.03. The number of nitrogens with two attached hydrogens (primary N) is 1. The minimum Gasteiger partial charge on any atom is -0.383 e. The van der Waals surface area contributed by atoms with Crippen LogP contribution in [0.4, 0.5) is 11.6 Å². The molecule has 0 bridgehead atoms. The van der Waals surface area contributed by atoms with E-state index < -0.39 is 0 Å². The van der Waals surface area contributed by atoms with Crippen LogP contribution in [-0.2, 0) is 13.0 Å². The van der Waals surface area contributed by atoms with Gasteiger partial charge in [0, 0.05) is 56.7 Å². The molecule has 0 radical (unpaired) electrons. The number of fused-ring (bicyclic) bond motifs is 1. The maximum atomic E-state index is 12.4. The van der Waals surface area contributed by atoms with Gasteiger partial charge in [-0.1, -0.05) is 25.1 Å². The fraction of sp³-hybridized carbons (Fsp3) is 0.529. The Kier molecular flexibility index (Phi) is 5.65. The van der Waals surface area contributed by atoms with Gasteiger partial charge in [0.15, 0.2) is 10.9 Å². The number of hydrogen-bond donors (Lipinski definition) is 2. The molecule has 0 aliphatic carbocycles. The molecular weight excluding hydrogens is 350 g/mol. The molecule has 0 saturated heterocycles. The van der Waals surface area contributed by atoms with E-state index in [-0.39, 0.29) is 5.91 Å². The van der Waals surface area contributed by atoms with Crippen molar-refractivity contribution in [3.63, 3.8) is 0 Å². The number of carbonyl (C=O) groups is 1. The molecule has 0 spiro atoms. The molecule has 0 aromatic carbocycles. The lowest BCUT2D eigenvalue weighted by atomic mass is 10.0. The Morgan fingerprint density at radius 3 is 2.96 bits per heavy atom. The number of amides is 1. The lowest BCUT2D eigenvalue weighted by Crippen LogP contribution is -2.33. The van der Waals surface area contributed by atoms with Crippen LogP contribution in [0.5, 0.6) is 0 Å². The van der Waals surface area contributed by atoms with Crippen molar-refractivity contribution in [1.82, 2.24) is 25.1 Å². The third kappa shape index (κ3) is 3.92. The number of carbonyl (C=O) groups excluding carboxylic acids is 1. The lowest BCUT2D eigenvalue weighted by Gasteiger charge is -2.28. The summed E-state index contributed by atoms with van der Waals surface area (Å²) in [7, 11) is 3.46. The number of nitrogens with one attached hydrogen (secondary N) is 1. The van der Waals surface area contributed by atoms with Crippen LogP contribution in [0.1, 0.15) is 41.5 Å². The second-order valence-electron chi connectivity index (χ2n) is 6.54. The maximum absolute atomic E-state index is 12.4. The van der Waals surface area contributed by atoms with E-state index in [9.17, 15) is 4.79 Å². The third-order valence-corrected chi connectivity index (χ3v) is 5.24. The van der Waals surface area contributed by atoms with Crippen LogP contribution >= 0.6 is 11.8 Å². The second kappa shape index (κ2) is 7.94. The van der Waals surface area contributed by atoms with E-state index in [2.05, 4.69) is 32.0 Å². The number of aromatic amines is 1. The van der Waals surface area contributed by atoms with E-state index in [0.717, 1.165) is 48.6 Å². The molecule has 0 fully saturated rings. The van der Waals surface area contributed by atoms with E-state index in [1.54, 1.807) is 36.8 Å². The number of aromatic nitrogens is 4.